The molecule has 0 atom stereocenters. The van der Waals surface area contributed by atoms with E-state index in [1.54, 1.807) is 7.05 Å². The number of aryl methyl sites for hydroxylation is 1. The lowest BCUT2D eigenvalue weighted by Crippen LogP contribution is -2.24. The minimum Gasteiger partial charge on any atom is -0.368 e. The molecule has 0 amide bonds. The Morgan fingerprint density at radius 3 is 2.60 bits per heavy atom. The highest BCUT2D eigenvalue weighted by molar-refractivity contribution is 5.81. The summed E-state index contributed by atoms with van der Waals surface area (Å²) in [5.41, 5.74) is -0.300. The molecule has 6 nitrogen and oxygen atoms in total. The Morgan fingerprint density at radius 1 is 1.47 bits per heavy atom. The molecule has 0 bridgehead atoms. The largest absolute Gasteiger partial charge is 0.368 e. The van der Waals surface area contributed by atoms with Crippen molar-refractivity contribution in [3.63, 3.8) is 0 Å². The van der Waals surface area contributed by atoms with Gasteiger partial charge < -0.3 is 4.74 Å². The van der Waals surface area contributed by atoms with Crippen LogP contribution in [0.2, 0.25) is 0 Å². The number of ketones is 1. The van der Waals surface area contributed by atoms with Gasteiger partial charge >= 0.3 is 0 Å². The first-order valence-corrected chi connectivity index (χ1v) is 4.75. The molecule has 84 valence electrons. The van der Waals surface area contributed by atoms with Crippen LogP contribution in [-0.2, 0) is 23.0 Å². The fourth-order valence-electron chi connectivity index (χ4n) is 0.918. The van der Waals surface area contributed by atoms with Crippen molar-refractivity contribution in [2.24, 2.45) is 7.05 Å². The maximum absolute atomic E-state index is 11.4. The zero-order valence-corrected chi connectivity index (χ0v) is 9.52. The van der Waals surface area contributed by atoms with Gasteiger partial charge in [0.05, 0.1) is 19.1 Å². The zero-order chi connectivity index (χ0) is 11.5. The first kappa shape index (κ1) is 11.8. The van der Waals surface area contributed by atoms with E-state index in [1.807, 2.05) is 20.8 Å². The van der Waals surface area contributed by atoms with Gasteiger partial charge in [-0.1, -0.05) is 0 Å². The number of tetrazole rings is 1. The van der Waals surface area contributed by atoms with Crippen molar-refractivity contribution in [1.82, 2.24) is 20.2 Å². The number of carbonyl (C=O) groups is 1. The minimum atomic E-state index is -0.300. The predicted octanol–water partition coefficient (Wildman–Crippen LogP) is 0.137. The topological polar surface area (TPSA) is 69.9 Å². The van der Waals surface area contributed by atoms with Crippen LogP contribution in [0.15, 0.2) is 0 Å². The zero-order valence-electron chi connectivity index (χ0n) is 9.52. The van der Waals surface area contributed by atoms with Crippen LogP contribution in [-0.4, -0.2) is 38.2 Å². The Labute approximate surface area is 88.6 Å². The van der Waals surface area contributed by atoms with Crippen molar-refractivity contribution in [3.05, 3.63) is 5.82 Å². The summed E-state index contributed by atoms with van der Waals surface area (Å²) < 4.78 is 5.34. The standard InChI is InChI=1S/C9H16N4O2/c1-9(2,3)15-6-7(14)5-8-10-12-13(4)11-8/h5-6H2,1-4H3. The van der Waals surface area contributed by atoms with Gasteiger partial charge in [-0.2, -0.15) is 4.80 Å². The highest BCUT2D eigenvalue weighted by Gasteiger charge is 2.14. The van der Waals surface area contributed by atoms with E-state index in [0.29, 0.717) is 5.82 Å². The summed E-state index contributed by atoms with van der Waals surface area (Å²) >= 11 is 0. The van der Waals surface area contributed by atoms with Gasteiger partial charge in [0.25, 0.3) is 0 Å². The third-order valence-electron chi connectivity index (χ3n) is 1.57. The Hall–Kier alpha value is -1.30. The fraction of sp³-hybridized carbons (Fsp3) is 0.778. The van der Waals surface area contributed by atoms with E-state index in [0.717, 1.165) is 0 Å². The van der Waals surface area contributed by atoms with E-state index in [1.165, 1.54) is 4.80 Å². The molecule has 1 aromatic heterocycles. The van der Waals surface area contributed by atoms with Crippen LogP contribution in [0.4, 0.5) is 0 Å². The van der Waals surface area contributed by atoms with Gasteiger partial charge in [-0.3, -0.25) is 4.79 Å². The quantitative estimate of drug-likeness (QED) is 0.709. The Bertz CT molecular complexity index is 340. The summed E-state index contributed by atoms with van der Waals surface area (Å²) in [6.45, 7) is 5.80. The molecule has 0 radical (unpaired) electrons. The van der Waals surface area contributed by atoms with Crippen molar-refractivity contribution >= 4 is 5.78 Å². The first-order valence-electron chi connectivity index (χ1n) is 4.75. The van der Waals surface area contributed by atoms with Crippen LogP contribution in [0.1, 0.15) is 26.6 Å². The van der Waals surface area contributed by atoms with Gasteiger partial charge in [0.1, 0.15) is 6.61 Å². The van der Waals surface area contributed by atoms with Crippen molar-refractivity contribution in [3.8, 4) is 0 Å². The van der Waals surface area contributed by atoms with Crippen molar-refractivity contribution in [1.29, 1.82) is 0 Å². The Kier molecular flexibility index (Phi) is 3.52. The van der Waals surface area contributed by atoms with Crippen LogP contribution in [0, 0.1) is 0 Å². The monoisotopic (exact) mass is 212 g/mol. The molecule has 0 aromatic carbocycles. The number of nitrogens with zero attached hydrogens (tertiary/aromatic N) is 4. The normalized spacial score (nSPS) is 11.7. The van der Waals surface area contributed by atoms with Gasteiger partial charge in [-0.05, 0) is 26.0 Å². The fourth-order valence-corrected chi connectivity index (χ4v) is 0.918. The molecular weight excluding hydrogens is 196 g/mol. The van der Waals surface area contributed by atoms with Crippen molar-refractivity contribution in [2.45, 2.75) is 32.8 Å². The Morgan fingerprint density at radius 2 is 2.13 bits per heavy atom. The van der Waals surface area contributed by atoms with Crippen molar-refractivity contribution in [2.75, 3.05) is 6.61 Å². The lowest BCUT2D eigenvalue weighted by molar-refractivity contribution is -0.127. The number of hydrogen-bond acceptors (Lipinski definition) is 5. The maximum Gasteiger partial charge on any atom is 0.182 e. The van der Waals surface area contributed by atoms with Gasteiger partial charge in [-0.15, -0.1) is 10.2 Å². The summed E-state index contributed by atoms with van der Waals surface area (Å²) in [7, 11) is 1.66. The number of carbonyl (C=O) groups excluding carboxylic acids is 1. The minimum absolute atomic E-state index is 0.0436. The third-order valence-corrected chi connectivity index (χ3v) is 1.57. The number of aromatic nitrogens is 4. The van der Waals surface area contributed by atoms with Crippen LogP contribution < -0.4 is 0 Å². The highest BCUT2D eigenvalue weighted by atomic mass is 16.5. The molecule has 1 aromatic rings. The molecule has 0 saturated heterocycles. The summed E-state index contributed by atoms with van der Waals surface area (Å²) in [4.78, 5) is 12.8. The molecule has 6 heteroatoms. The second-order valence-corrected chi connectivity index (χ2v) is 4.31. The number of Topliss-reactive ketones (excluding diaryl/α,β-unsaturated/α-hetero) is 1. The summed E-state index contributed by atoms with van der Waals surface area (Å²) in [5, 5.41) is 11.3. The number of rotatable bonds is 4. The molecule has 15 heavy (non-hydrogen) atoms. The highest BCUT2D eigenvalue weighted by Crippen LogP contribution is 2.06. The average molecular weight is 212 g/mol. The predicted molar refractivity (Wildman–Crippen MR) is 53.2 cm³/mol. The third kappa shape index (κ3) is 4.64. The SMILES string of the molecule is Cn1nnc(CC(=O)COC(C)(C)C)n1. The van der Waals surface area contributed by atoms with E-state index < -0.39 is 0 Å². The van der Waals surface area contributed by atoms with Crippen molar-refractivity contribution < 1.29 is 9.53 Å². The Balaban J connectivity index is 2.37. The van der Waals surface area contributed by atoms with Crippen LogP contribution >= 0.6 is 0 Å². The molecule has 0 fully saturated rings. The summed E-state index contributed by atoms with van der Waals surface area (Å²) in [5.74, 6) is 0.387. The number of hydrogen-bond donors (Lipinski definition) is 0. The first-order chi connectivity index (χ1) is 6.87. The molecule has 0 spiro atoms. The second-order valence-electron chi connectivity index (χ2n) is 4.31. The lowest BCUT2D eigenvalue weighted by Gasteiger charge is -2.18. The summed E-state index contributed by atoms with van der Waals surface area (Å²) in [6.07, 6.45) is 0.171. The van der Waals surface area contributed by atoms with Gasteiger partial charge in [-0.25, -0.2) is 0 Å². The van der Waals surface area contributed by atoms with E-state index in [-0.39, 0.29) is 24.4 Å². The molecule has 0 aliphatic carbocycles. The average Bonchev–Trinajstić information content (AvgIpc) is 2.47. The van der Waals surface area contributed by atoms with Gasteiger partial charge in [0, 0.05) is 0 Å². The molecule has 0 saturated carbocycles. The molecule has 0 aliphatic rings. The van der Waals surface area contributed by atoms with Crippen LogP contribution in [0.25, 0.3) is 0 Å². The van der Waals surface area contributed by atoms with E-state index in [4.69, 9.17) is 4.74 Å². The molecular formula is C9H16N4O2. The molecule has 0 unspecified atom stereocenters. The van der Waals surface area contributed by atoms with Gasteiger partial charge in [0.2, 0.25) is 0 Å². The molecule has 0 aliphatic heterocycles. The van der Waals surface area contributed by atoms with E-state index in [9.17, 15) is 4.79 Å². The van der Waals surface area contributed by atoms with E-state index in [2.05, 4.69) is 15.4 Å². The lowest BCUT2D eigenvalue weighted by atomic mass is 10.2. The molecule has 1 heterocycles. The smallest absolute Gasteiger partial charge is 0.182 e. The van der Waals surface area contributed by atoms with Crippen LogP contribution in [0.3, 0.4) is 0 Å². The molecule has 1 rings (SSSR count). The van der Waals surface area contributed by atoms with Crippen LogP contribution in [0.5, 0.6) is 0 Å². The van der Waals surface area contributed by atoms with E-state index >= 15 is 0 Å². The second kappa shape index (κ2) is 4.48. The molecule has 0 N–H and O–H groups in total. The summed E-state index contributed by atoms with van der Waals surface area (Å²) in [6, 6.07) is 0. The van der Waals surface area contributed by atoms with Gasteiger partial charge in [0.15, 0.2) is 11.6 Å². The maximum atomic E-state index is 11.4. The number of ether oxygens (including phenoxy) is 1.